The number of hydrogen-bond donors (Lipinski definition) is 3. The van der Waals surface area contributed by atoms with Crippen molar-refractivity contribution in [3.63, 3.8) is 0 Å². The Bertz CT molecular complexity index is 524. The summed E-state index contributed by atoms with van der Waals surface area (Å²) in [6.45, 7) is 2.29. The molecule has 3 N–H and O–H groups in total. The molecule has 0 amide bonds. The minimum Gasteiger partial charge on any atom is -0.480 e. The molecule has 6 nitrogen and oxygen atoms in total. The molecular weight excluding hydrogens is 341 g/mol. The van der Waals surface area contributed by atoms with Crippen molar-refractivity contribution in [1.29, 1.82) is 5.26 Å². The van der Waals surface area contributed by atoms with Crippen LogP contribution in [0.1, 0.15) is 51.9 Å². The summed E-state index contributed by atoms with van der Waals surface area (Å²) in [5.74, 6) is -3.73. The van der Waals surface area contributed by atoms with Crippen molar-refractivity contribution in [3.05, 3.63) is 0 Å². The largest absolute Gasteiger partial charge is 0.490 e. The van der Waals surface area contributed by atoms with Gasteiger partial charge in [0.15, 0.2) is 0 Å². The molecule has 1 saturated carbocycles. The quantitative estimate of drug-likeness (QED) is 0.710. The van der Waals surface area contributed by atoms with E-state index in [1.807, 2.05) is 0 Å². The number of alkyl halides is 3. The van der Waals surface area contributed by atoms with Gasteiger partial charge in [-0.25, -0.2) is 4.79 Å². The highest BCUT2D eigenvalue weighted by Crippen LogP contribution is 2.42. The van der Waals surface area contributed by atoms with Crippen molar-refractivity contribution in [2.45, 2.75) is 70.1 Å². The summed E-state index contributed by atoms with van der Waals surface area (Å²) in [6, 6.07) is 1.80. The molecular formula is C16H23F3N2O4. The Labute approximate surface area is 144 Å². The lowest BCUT2D eigenvalue weighted by Gasteiger charge is -2.36. The van der Waals surface area contributed by atoms with Gasteiger partial charge in [-0.05, 0) is 31.1 Å². The van der Waals surface area contributed by atoms with Crippen molar-refractivity contribution >= 4 is 11.9 Å². The molecule has 2 aliphatic rings. The van der Waals surface area contributed by atoms with Gasteiger partial charge in [-0.3, -0.25) is 4.79 Å². The van der Waals surface area contributed by atoms with E-state index >= 15 is 0 Å². The topological polar surface area (TPSA) is 110 Å². The first-order valence-corrected chi connectivity index (χ1v) is 8.17. The van der Waals surface area contributed by atoms with Crippen LogP contribution < -0.4 is 5.32 Å². The number of carboxylic acid groups (broad SMARTS) is 2. The van der Waals surface area contributed by atoms with E-state index in [2.05, 4.69) is 18.3 Å². The first-order valence-electron chi connectivity index (χ1n) is 8.17. The molecule has 1 aliphatic heterocycles. The molecule has 1 aliphatic carbocycles. The fourth-order valence-electron chi connectivity index (χ4n) is 3.52. The normalized spacial score (nSPS) is 28.4. The molecule has 3 atom stereocenters. The molecule has 2 fully saturated rings. The van der Waals surface area contributed by atoms with Crippen LogP contribution in [-0.4, -0.2) is 40.4 Å². The van der Waals surface area contributed by atoms with Gasteiger partial charge in [0.05, 0.1) is 12.0 Å². The zero-order valence-electron chi connectivity index (χ0n) is 14.0. The second-order valence-corrected chi connectivity index (χ2v) is 7.01. The average Bonchev–Trinajstić information content (AvgIpc) is 2.90. The van der Waals surface area contributed by atoms with Gasteiger partial charge in [0, 0.05) is 6.04 Å². The van der Waals surface area contributed by atoms with Crippen molar-refractivity contribution in [2.75, 3.05) is 0 Å². The highest BCUT2D eigenvalue weighted by atomic mass is 19.4. The fourth-order valence-corrected chi connectivity index (χ4v) is 3.52. The molecule has 25 heavy (non-hydrogen) atoms. The highest BCUT2D eigenvalue weighted by Gasteiger charge is 2.41. The van der Waals surface area contributed by atoms with Crippen LogP contribution in [0, 0.1) is 22.7 Å². The van der Waals surface area contributed by atoms with Gasteiger partial charge in [0.1, 0.15) is 6.04 Å². The maximum Gasteiger partial charge on any atom is 0.490 e. The third kappa shape index (κ3) is 6.53. The number of rotatable bonds is 3. The van der Waals surface area contributed by atoms with E-state index < -0.39 is 24.2 Å². The van der Waals surface area contributed by atoms with E-state index in [4.69, 9.17) is 20.3 Å². The first-order chi connectivity index (χ1) is 11.5. The van der Waals surface area contributed by atoms with Crippen LogP contribution in [0.2, 0.25) is 0 Å². The van der Waals surface area contributed by atoms with Crippen LogP contribution in [0.3, 0.4) is 0 Å². The third-order valence-corrected chi connectivity index (χ3v) is 4.87. The van der Waals surface area contributed by atoms with E-state index in [0.717, 1.165) is 6.42 Å². The molecule has 142 valence electrons. The van der Waals surface area contributed by atoms with Crippen molar-refractivity contribution < 1.29 is 33.0 Å². The number of nitrogens with zero attached hydrogens (tertiary/aromatic N) is 1. The van der Waals surface area contributed by atoms with E-state index in [-0.39, 0.29) is 12.0 Å². The molecule has 0 aromatic carbocycles. The molecule has 3 unspecified atom stereocenters. The van der Waals surface area contributed by atoms with Gasteiger partial charge in [0.2, 0.25) is 0 Å². The molecule has 0 spiro atoms. The summed E-state index contributed by atoms with van der Waals surface area (Å²) in [5, 5.41) is 28.5. The monoisotopic (exact) mass is 364 g/mol. The zero-order valence-corrected chi connectivity index (χ0v) is 14.0. The highest BCUT2D eigenvalue weighted by molar-refractivity contribution is 5.74. The predicted molar refractivity (Wildman–Crippen MR) is 81.6 cm³/mol. The van der Waals surface area contributed by atoms with Crippen LogP contribution in [-0.2, 0) is 9.59 Å². The Hall–Kier alpha value is -1.82. The standard InChI is InChI=1S/C14H22N2O2.C2HF3O2/c1-14(5-3-2-4-6-14)8-12-10(9-15)7-11(16-12)13(17)18;3-2(4,5)1(6)7/h10-12,16H,2-8H2,1H3,(H,17,18);(H,6,7). The second kappa shape index (κ2) is 8.52. The Balaban J connectivity index is 0.000000381. The SMILES string of the molecule is CC1(CC2NC(C(=O)O)CC2C#N)CCCCC1.O=C(O)C(F)(F)F. The summed E-state index contributed by atoms with van der Waals surface area (Å²) in [6.07, 6.45) is 2.57. The molecule has 2 rings (SSSR count). The smallest absolute Gasteiger partial charge is 0.480 e. The minimum atomic E-state index is -5.08. The third-order valence-electron chi connectivity index (χ3n) is 4.87. The van der Waals surface area contributed by atoms with Gasteiger partial charge in [-0.15, -0.1) is 0 Å². The summed E-state index contributed by atoms with van der Waals surface area (Å²) in [4.78, 5) is 19.9. The Morgan fingerprint density at radius 2 is 1.76 bits per heavy atom. The number of nitriles is 1. The summed E-state index contributed by atoms with van der Waals surface area (Å²) >= 11 is 0. The van der Waals surface area contributed by atoms with Gasteiger partial charge in [0.25, 0.3) is 0 Å². The maximum absolute atomic E-state index is 11.0. The number of hydrogen-bond acceptors (Lipinski definition) is 4. The van der Waals surface area contributed by atoms with Gasteiger partial charge < -0.3 is 15.5 Å². The summed E-state index contributed by atoms with van der Waals surface area (Å²) < 4.78 is 31.7. The Morgan fingerprint density at radius 1 is 1.24 bits per heavy atom. The minimum absolute atomic E-state index is 0.0548. The van der Waals surface area contributed by atoms with Crippen molar-refractivity contribution in [1.82, 2.24) is 5.32 Å². The van der Waals surface area contributed by atoms with E-state index in [1.165, 1.54) is 32.1 Å². The number of carbonyl (C=O) groups is 2. The number of aliphatic carboxylic acids is 2. The van der Waals surface area contributed by atoms with E-state index in [1.54, 1.807) is 0 Å². The van der Waals surface area contributed by atoms with Crippen molar-refractivity contribution in [3.8, 4) is 6.07 Å². The van der Waals surface area contributed by atoms with E-state index in [9.17, 15) is 18.0 Å². The van der Waals surface area contributed by atoms with E-state index in [0.29, 0.717) is 11.8 Å². The van der Waals surface area contributed by atoms with Gasteiger partial charge in [-0.2, -0.15) is 18.4 Å². The molecule has 0 bridgehead atoms. The van der Waals surface area contributed by atoms with Gasteiger partial charge >= 0.3 is 18.1 Å². The molecule has 9 heteroatoms. The summed E-state index contributed by atoms with van der Waals surface area (Å²) in [7, 11) is 0. The van der Waals surface area contributed by atoms with Gasteiger partial charge in [-0.1, -0.05) is 26.2 Å². The average molecular weight is 364 g/mol. The molecule has 1 heterocycles. The number of halogens is 3. The Morgan fingerprint density at radius 3 is 2.16 bits per heavy atom. The van der Waals surface area contributed by atoms with Crippen LogP contribution in [0.25, 0.3) is 0 Å². The lowest BCUT2D eigenvalue weighted by molar-refractivity contribution is -0.192. The number of nitrogens with one attached hydrogen (secondary N) is 1. The Kier molecular flexibility index (Phi) is 7.23. The second-order valence-electron chi connectivity index (χ2n) is 7.01. The first kappa shape index (κ1) is 21.2. The van der Waals surface area contributed by atoms with Crippen LogP contribution >= 0.6 is 0 Å². The van der Waals surface area contributed by atoms with Crippen molar-refractivity contribution in [2.24, 2.45) is 11.3 Å². The van der Waals surface area contributed by atoms with Crippen LogP contribution in [0.4, 0.5) is 13.2 Å². The molecule has 0 aromatic heterocycles. The van der Waals surface area contributed by atoms with Crippen LogP contribution in [0.15, 0.2) is 0 Å². The number of carboxylic acids is 2. The zero-order chi connectivity index (χ0) is 19.3. The maximum atomic E-state index is 11.0. The lowest BCUT2D eigenvalue weighted by atomic mass is 9.71. The molecule has 0 aromatic rings. The van der Waals surface area contributed by atoms with Crippen LogP contribution in [0.5, 0.6) is 0 Å². The lowest BCUT2D eigenvalue weighted by Crippen LogP contribution is -2.39. The molecule has 1 saturated heterocycles. The molecule has 0 radical (unpaired) electrons. The predicted octanol–water partition coefficient (Wildman–Crippen LogP) is 2.94. The fraction of sp³-hybridized carbons (Fsp3) is 0.812. The summed E-state index contributed by atoms with van der Waals surface area (Å²) in [5.41, 5.74) is 0.290.